The number of nitrogens with one attached hydrogen (secondary N) is 2. The van der Waals surface area contributed by atoms with E-state index in [0.717, 1.165) is 18.7 Å². The molecule has 218 valence electrons. The van der Waals surface area contributed by atoms with Crippen LogP contribution in [0.3, 0.4) is 0 Å². The number of rotatable bonds is 5. The van der Waals surface area contributed by atoms with Crippen molar-refractivity contribution in [3.05, 3.63) is 59.2 Å². The van der Waals surface area contributed by atoms with E-state index in [0.29, 0.717) is 55.0 Å². The maximum Gasteiger partial charge on any atom is 0.316 e. The van der Waals surface area contributed by atoms with Crippen molar-refractivity contribution in [3.63, 3.8) is 0 Å². The van der Waals surface area contributed by atoms with Crippen LogP contribution in [0.1, 0.15) is 34.3 Å². The number of carbonyl (C=O) groups is 4. The lowest BCUT2D eigenvalue weighted by Crippen LogP contribution is -2.53. The number of anilines is 1. The van der Waals surface area contributed by atoms with Crippen LogP contribution < -0.4 is 20.3 Å². The van der Waals surface area contributed by atoms with E-state index in [2.05, 4.69) is 27.4 Å². The molecule has 0 saturated carbocycles. The first-order valence-electron chi connectivity index (χ1n) is 14.2. The van der Waals surface area contributed by atoms with Gasteiger partial charge in [0.2, 0.25) is 11.8 Å². The Labute approximate surface area is 244 Å². The summed E-state index contributed by atoms with van der Waals surface area (Å²) in [5.74, 6) is 6.77. The molecule has 5 amide bonds. The van der Waals surface area contributed by atoms with E-state index in [1.807, 2.05) is 48.3 Å². The fourth-order valence-corrected chi connectivity index (χ4v) is 6.04. The number of urea groups is 1. The van der Waals surface area contributed by atoms with Crippen molar-refractivity contribution in [2.75, 3.05) is 58.3 Å². The highest BCUT2D eigenvalue weighted by Crippen LogP contribution is 2.30. The number of hydrogen-bond acceptors (Lipinski definition) is 6. The van der Waals surface area contributed by atoms with E-state index in [1.165, 1.54) is 0 Å². The minimum absolute atomic E-state index is 0.00119. The molecule has 2 aromatic carbocycles. The first-order chi connectivity index (χ1) is 20.2. The number of carbonyl (C=O) groups excluding carboxylic acids is 4. The van der Waals surface area contributed by atoms with E-state index < -0.39 is 11.6 Å². The van der Waals surface area contributed by atoms with Gasteiger partial charge < -0.3 is 30.1 Å². The van der Waals surface area contributed by atoms with Crippen LogP contribution in [0.15, 0.2) is 42.5 Å². The third-order valence-corrected chi connectivity index (χ3v) is 8.46. The number of likely N-dealkylation sites (N-methyl/N-ethyl adjacent to an activating group) is 1. The quantitative estimate of drug-likeness (QED) is 0.519. The molecule has 0 aromatic heterocycles. The lowest BCUT2D eigenvalue weighted by molar-refractivity contribution is -0.134. The number of fused-ring (bicyclic) bond motifs is 1. The van der Waals surface area contributed by atoms with Crippen molar-refractivity contribution in [1.29, 1.82) is 0 Å². The maximum atomic E-state index is 13.3. The second kappa shape index (κ2) is 11.0. The molecule has 3 fully saturated rings. The van der Waals surface area contributed by atoms with Crippen LogP contribution in [0.2, 0.25) is 0 Å². The average molecular weight is 571 g/mol. The molecule has 0 radical (unpaired) electrons. The van der Waals surface area contributed by atoms with Crippen molar-refractivity contribution in [1.82, 2.24) is 25.3 Å². The maximum absolute atomic E-state index is 13.3. The van der Waals surface area contributed by atoms with Crippen LogP contribution >= 0.6 is 0 Å². The number of benzene rings is 2. The number of methoxy groups -OCH3 is 1. The van der Waals surface area contributed by atoms with Gasteiger partial charge in [-0.3, -0.25) is 19.3 Å². The van der Waals surface area contributed by atoms with Crippen LogP contribution in [0.4, 0.5) is 10.5 Å². The summed E-state index contributed by atoms with van der Waals surface area (Å²) in [5, 5.41) is 5.69. The zero-order valence-electron chi connectivity index (χ0n) is 23.8. The first kappa shape index (κ1) is 27.6. The van der Waals surface area contributed by atoms with Gasteiger partial charge in [0.15, 0.2) is 0 Å². The summed E-state index contributed by atoms with van der Waals surface area (Å²) in [6, 6.07) is 11.8. The third kappa shape index (κ3) is 5.25. The number of piperazine rings is 1. The minimum Gasteiger partial charge on any atom is -0.497 e. The molecule has 0 aliphatic carbocycles. The molecule has 2 N–H and O–H groups in total. The van der Waals surface area contributed by atoms with Crippen LogP contribution in [-0.4, -0.2) is 103 Å². The Morgan fingerprint density at radius 1 is 1.07 bits per heavy atom. The molecular formula is C31H34N6O5. The minimum atomic E-state index is -0.970. The molecule has 4 heterocycles. The predicted octanol–water partition coefficient (Wildman–Crippen LogP) is 1.02. The van der Waals surface area contributed by atoms with Gasteiger partial charge in [-0.05, 0) is 55.4 Å². The van der Waals surface area contributed by atoms with Gasteiger partial charge in [0.05, 0.1) is 20.2 Å². The van der Waals surface area contributed by atoms with Crippen molar-refractivity contribution >= 4 is 29.4 Å². The topological polar surface area (TPSA) is 115 Å². The van der Waals surface area contributed by atoms with Gasteiger partial charge in [-0.1, -0.05) is 17.9 Å². The molecule has 2 unspecified atom stereocenters. The lowest BCUT2D eigenvalue weighted by Gasteiger charge is -2.35. The lowest BCUT2D eigenvalue weighted by atomic mass is 10.00. The van der Waals surface area contributed by atoms with Crippen molar-refractivity contribution in [3.8, 4) is 17.6 Å². The SMILES string of the molecule is COc1ccc2c(c1)C(=O)N(CC1(C#Cc3ccc(N4C(=O)CCC4C(=O)N4CCN(C)CC4)cc3)CNC(=O)N1)C2. The van der Waals surface area contributed by atoms with Gasteiger partial charge in [-0.15, -0.1) is 0 Å². The van der Waals surface area contributed by atoms with Gasteiger partial charge >= 0.3 is 6.03 Å². The largest absolute Gasteiger partial charge is 0.497 e. The predicted molar refractivity (Wildman–Crippen MR) is 155 cm³/mol. The average Bonchev–Trinajstić information content (AvgIpc) is 3.66. The van der Waals surface area contributed by atoms with E-state index >= 15 is 0 Å². The Balaban J connectivity index is 1.18. The molecule has 2 atom stereocenters. The highest BCUT2D eigenvalue weighted by atomic mass is 16.5. The summed E-state index contributed by atoms with van der Waals surface area (Å²) in [6.07, 6.45) is 0.847. The molecule has 11 heteroatoms. The standard InChI is InChI=1S/C31H34N6O5/c1-34-13-15-35(16-14-34)29(40)26-9-10-27(38)37(26)23-6-3-21(4-7-23)11-12-31(19-32-30(41)33-31)20-36-18-22-5-8-24(42-2)17-25(22)28(36)39/h3-8,17,26H,9-10,13-16,18-20H2,1-2H3,(H2,32,33,41). The van der Waals surface area contributed by atoms with Gasteiger partial charge in [-0.25, -0.2) is 4.79 Å². The molecular weight excluding hydrogens is 536 g/mol. The Morgan fingerprint density at radius 3 is 2.52 bits per heavy atom. The summed E-state index contributed by atoms with van der Waals surface area (Å²) in [6.45, 7) is 3.86. The highest BCUT2D eigenvalue weighted by molar-refractivity contribution is 6.04. The Bertz CT molecular complexity index is 1490. The molecule has 42 heavy (non-hydrogen) atoms. The van der Waals surface area contributed by atoms with E-state index in [1.54, 1.807) is 23.0 Å². The molecule has 6 rings (SSSR count). The summed E-state index contributed by atoms with van der Waals surface area (Å²) in [4.78, 5) is 58.8. The first-order valence-corrected chi connectivity index (χ1v) is 14.2. The van der Waals surface area contributed by atoms with Gasteiger partial charge in [0.1, 0.15) is 17.3 Å². The number of hydrogen-bond donors (Lipinski definition) is 2. The van der Waals surface area contributed by atoms with Gasteiger partial charge in [0, 0.05) is 56.0 Å². The molecule has 0 spiro atoms. The number of ether oxygens (including phenoxy) is 1. The number of amides is 5. The normalized spacial score (nSPS) is 23.8. The summed E-state index contributed by atoms with van der Waals surface area (Å²) in [5.41, 5.74) is 1.87. The van der Waals surface area contributed by atoms with Crippen molar-refractivity contribution in [2.24, 2.45) is 0 Å². The zero-order chi connectivity index (χ0) is 29.4. The molecule has 3 saturated heterocycles. The Morgan fingerprint density at radius 2 is 1.83 bits per heavy atom. The van der Waals surface area contributed by atoms with Crippen LogP contribution in [-0.2, 0) is 16.1 Å². The monoisotopic (exact) mass is 570 g/mol. The van der Waals surface area contributed by atoms with E-state index in [-0.39, 0.29) is 36.8 Å². The molecule has 11 nitrogen and oxygen atoms in total. The smallest absolute Gasteiger partial charge is 0.316 e. The van der Waals surface area contributed by atoms with Crippen LogP contribution in [0.25, 0.3) is 0 Å². The molecule has 4 aliphatic heterocycles. The molecule has 0 bridgehead atoms. The van der Waals surface area contributed by atoms with E-state index in [4.69, 9.17) is 4.74 Å². The Hall–Kier alpha value is -4.56. The van der Waals surface area contributed by atoms with Crippen LogP contribution in [0.5, 0.6) is 5.75 Å². The number of nitrogens with zero attached hydrogens (tertiary/aromatic N) is 4. The summed E-state index contributed by atoms with van der Waals surface area (Å²) < 4.78 is 5.27. The molecule has 2 aromatic rings. The Kier molecular flexibility index (Phi) is 7.24. The fraction of sp³-hybridized carbons (Fsp3) is 0.419. The van der Waals surface area contributed by atoms with Gasteiger partial charge in [-0.2, -0.15) is 0 Å². The van der Waals surface area contributed by atoms with Crippen molar-refractivity contribution in [2.45, 2.75) is 31.0 Å². The van der Waals surface area contributed by atoms with Crippen molar-refractivity contribution < 1.29 is 23.9 Å². The second-order valence-electron chi connectivity index (χ2n) is 11.3. The van der Waals surface area contributed by atoms with Gasteiger partial charge in [0.25, 0.3) is 5.91 Å². The fourth-order valence-electron chi connectivity index (χ4n) is 6.04. The molecule has 4 aliphatic rings. The van der Waals surface area contributed by atoms with Crippen LogP contribution in [0, 0.1) is 11.8 Å². The third-order valence-electron chi connectivity index (χ3n) is 8.46. The van der Waals surface area contributed by atoms with E-state index in [9.17, 15) is 19.2 Å². The summed E-state index contributed by atoms with van der Waals surface area (Å²) >= 11 is 0. The second-order valence-corrected chi connectivity index (χ2v) is 11.3. The summed E-state index contributed by atoms with van der Waals surface area (Å²) in [7, 11) is 3.60. The zero-order valence-corrected chi connectivity index (χ0v) is 23.8. The highest BCUT2D eigenvalue weighted by Gasteiger charge is 2.42.